The van der Waals surface area contributed by atoms with Crippen LogP contribution in [0.2, 0.25) is 0 Å². The van der Waals surface area contributed by atoms with E-state index in [1.807, 2.05) is 0 Å². The number of piperazine rings is 1. The second kappa shape index (κ2) is 5.30. The molecule has 0 aromatic carbocycles. The summed E-state index contributed by atoms with van der Waals surface area (Å²) in [6.07, 6.45) is 1.00. The summed E-state index contributed by atoms with van der Waals surface area (Å²) in [6, 6.07) is 0.483. The third-order valence-corrected chi connectivity index (χ3v) is 3.88. The zero-order valence-corrected chi connectivity index (χ0v) is 11.6. The summed E-state index contributed by atoms with van der Waals surface area (Å²) >= 11 is 0. The Morgan fingerprint density at radius 3 is 2.68 bits per heavy atom. The van der Waals surface area contributed by atoms with Gasteiger partial charge in [-0.05, 0) is 20.0 Å². The molecular weight excluding hydrogens is 242 g/mol. The zero-order chi connectivity index (χ0) is 13.2. The number of aromatic nitrogens is 2. The van der Waals surface area contributed by atoms with Gasteiger partial charge >= 0.3 is 6.01 Å². The van der Waals surface area contributed by atoms with Crippen LogP contribution in [0.5, 0.6) is 6.01 Å². The lowest BCUT2D eigenvalue weighted by molar-refractivity contribution is 0.310. The van der Waals surface area contributed by atoms with E-state index >= 15 is 0 Å². The van der Waals surface area contributed by atoms with Crippen LogP contribution in [0, 0.1) is 0 Å². The van der Waals surface area contributed by atoms with Crippen LogP contribution < -0.4 is 15.0 Å². The smallest absolute Gasteiger partial charge is 0.318 e. The average molecular weight is 263 g/mol. The highest BCUT2D eigenvalue weighted by molar-refractivity contribution is 5.51. The molecule has 0 unspecified atom stereocenters. The first kappa shape index (κ1) is 12.6. The molecule has 2 aliphatic heterocycles. The molecule has 1 aromatic rings. The fourth-order valence-corrected chi connectivity index (χ4v) is 2.69. The first-order chi connectivity index (χ1) is 9.28. The topological polar surface area (TPSA) is 53.5 Å². The Labute approximate surface area is 113 Å². The van der Waals surface area contributed by atoms with Crippen molar-refractivity contribution < 1.29 is 4.74 Å². The monoisotopic (exact) mass is 263 g/mol. The van der Waals surface area contributed by atoms with Crippen molar-refractivity contribution in [2.45, 2.75) is 13.0 Å². The van der Waals surface area contributed by atoms with Gasteiger partial charge in [-0.3, -0.25) is 0 Å². The molecule has 1 saturated heterocycles. The van der Waals surface area contributed by atoms with Gasteiger partial charge < -0.3 is 19.9 Å². The third-order valence-electron chi connectivity index (χ3n) is 3.88. The molecule has 3 rings (SSSR count). The molecule has 0 saturated carbocycles. The van der Waals surface area contributed by atoms with Crippen LogP contribution in [0.25, 0.3) is 0 Å². The highest BCUT2D eigenvalue weighted by Crippen LogP contribution is 2.26. The Morgan fingerprint density at radius 2 is 1.95 bits per heavy atom. The Morgan fingerprint density at radius 1 is 1.16 bits per heavy atom. The number of rotatable bonds is 2. The Hall–Kier alpha value is -1.40. The fourth-order valence-electron chi connectivity index (χ4n) is 2.69. The van der Waals surface area contributed by atoms with Crippen LogP contribution in [-0.2, 0) is 13.0 Å². The van der Waals surface area contributed by atoms with Gasteiger partial charge in [0.2, 0.25) is 0 Å². The van der Waals surface area contributed by atoms with Crippen molar-refractivity contribution in [2.75, 3.05) is 51.8 Å². The molecule has 1 N–H and O–H groups in total. The highest BCUT2D eigenvalue weighted by atomic mass is 16.5. The molecule has 1 aromatic heterocycles. The summed E-state index contributed by atoms with van der Waals surface area (Å²) in [5, 5.41) is 3.36. The molecular formula is C13H21N5O. The first-order valence-electron chi connectivity index (χ1n) is 6.86. The van der Waals surface area contributed by atoms with E-state index in [4.69, 9.17) is 4.74 Å². The lowest BCUT2D eigenvalue weighted by Crippen LogP contribution is -2.45. The predicted molar refractivity (Wildman–Crippen MR) is 73.7 cm³/mol. The molecule has 6 nitrogen and oxygen atoms in total. The van der Waals surface area contributed by atoms with Crippen molar-refractivity contribution >= 4 is 5.82 Å². The minimum atomic E-state index is 0.483. The summed E-state index contributed by atoms with van der Waals surface area (Å²) < 4.78 is 5.25. The lowest BCUT2D eigenvalue weighted by Gasteiger charge is -2.35. The third kappa shape index (κ3) is 2.50. The van der Waals surface area contributed by atoms with Crippen LogP contribution in [0.15, 0.2) is 0 Å². The summed E-state index contributed by atoms with van der Waals surface area (Å²) in [7, 11) is 3.79. The van der Waals surface area contributed by atoms with Crippen LogP contribution in [0.4, 0.5) is 5.82 Å². The van der Waals surface area contributed by atoms with Crippen molar-refractivity contribution in [1.82, 2.24) is 20.2 Å². The van der Waals surface area contributed by atoms with Gasteiger partial charge in [0, 0.05) is 38.3 Å². The Bertz CT molecular complexity index is 457. The molecule has 0 bridgehead atoms. The van der Waals surface area contributed by atoms with E-state index < -0.39 is 0 Å². The number of nitrogens with one attached hydrogen (secondary N) is 1. The van der Waals surface area contributed by atoms with E-state index in [2.05, 4.69) is 32.1 Å². The predicted octanol–water partition coefficient (Wildman–Crippen LogP) is -0.117. The molecule has 3 heterocycles. The van der Waals surface area contributed by atoms with Gasteiger partial charge in [-0.2, -0.15) is 9.97 Å². The molecule has 104 valence electrons. The normalized spacial score (nSPS) is 20.2. The Kier molecular flexibility index (Phi) is 3.52. The minimum Gasteiger partial charge on any atom is -0.467 e. The van der Waals surface area contributed by atoms with Gasteiger partial charge in [0.15, 0.2) is 0 Å². The minimum absolute atomic E-state index is 0.483. The van der Waals surface area contributed by atoms with E-state index in [1.54, 1.807) is 7.11 Å². The number of nitrogens with zero attached hydrogens (tertiary/aromatic N) is 4. The maximum atomic E-state index is 5.25. The van der Waals surface area contributed by atoms with E-state index in [9.17, 15) is 0 Å². The van der Waals surface area contributed by atoms with Gasteiger partial charge in [0.05, 0.1) is 12.8 Å². The quantitative estimate of drug-likeness (QED) is 0.803. The van der Waals surface area contributed by atoms with Crippen molar-refractivity contribution in [3.63, 3.8) is 0 Å². The summed E-state index contributed by atoms with van der Waals surface area (Å²) in [4.78, 5) is 13.8. The van der Waals surface area contributed by atoms with Crippen molar-refractivity contribution in [3.05, 3.63) is 11.3 Å². The highest BCUT2D eigenvalue weighted by Gasteiger charge is 2.23. The first-order valence-corrected chi connectivity index (χ1v) is 6.86. The van der Waals surface area contributed by atoms with Gasteiger partial charge in [-0.25, -0.2) is 0 Å². The number of methoxy groups -OCH3 is 1. The number of hydrogen-bond acceptors (Lipinski definition) is 6. The van der Waals surface area contributed by atoms with Gasteiger partial charge in [0.25, 0.3) is 0 Å². The standard InChI is InChI=1S/C13H21N5O/c1-17-5-7-18(8-6-17)12-10-3-4-14-9-11(10)15-13(16-12)19-2/h14H,3-9H2,1-2H3. The van der Waals surface area contributed by atoms with Gasteiger partial charge in [-0.1, -0.05) is 0 Å². The van der Waals surface area contributed by atoms with Crippen molar-refractivity contribution in [3.8, 4) is 6.01 Å². The molecule has 0 atom stereocenters. The largest absolute Gasteiger partial charge is 0.467 e. The van der Waals surface area contributed by atoms with Crippen LogP contribution in [0.3, 0.4) is 0 Å². The molecule has 0 amide bonds. The SMILES string of the molecule is COc1nc2c(c(N3CCN(C)CC3)n1)CCNC2. The average Bonchev–Trinajstić information content (AvgIpc) is 2.47. The number of hydrogen-bond donors (Lipinski definition) is 1. The van der Waals surface area contributed by atoms with E-state index in [-0.39, 0.29) is 0 Å². The van der Waals surface area contributed by atoms with E-state index in [0.717, 1.165) is 57.2 Å². The molecule has 0 aliphatic carbocycles. The Balaban J connectivity index is 1.94. The molecule has 0 spiro atoms. The second-order valence-electron chi connectivity index (χ2n) is 5.18. The molecule has 0 radical (unpaired) electrons. The number of likely N-dealkylation sites (N-methyl/N-ethyl adjacent to an activating group) is 1. The summed E-state index contributed by atoms with van der Waals surface area (Å²) in [5.74, 6) is 1.08. The maximum Gasteiger partial charge on any atom is 0.318 e. The zero-order valence-electron chi connectivity index (χ0n) is 11.6. The summed E-state index contributed by atoms with van der Waals surface area (Å²) in [5.41, 5.74) is 2.39. The number of fused-ring (bicyclic) bond motifs is 1. The maximum absolute atomic E-state index is 5.25. The van der Waals surface area contributed by atoms with Crippen LogP contribution in [0.1, 0.15) is 11.3 Å². The molecule has 6 heteroatoms. The van der Waals surface area contributed by atoms with Gasteiger partial charge in [-0.15, -0.1) is 0 Å². The molecule has 19 heavy (non-hydrogen) atoms. The van der Waals surface area contributed by atoms with Crippen LogP contribution in [-0.4, -0.2) is 61.7 Å². The fraction of sp³-hybridized carbons (Fsp3) is 0.692. The summed E-state index contributed by atoms with van der Waals surface area (Å²) in [6.45, 7) is 6.03. The number of anilines is 1. The lowest BCUT2D eigenvalue weighted by atomic mass is 10.1. The van der Waals surface area contributed by atoms with E-state index in [1.165, 1.54) is 5.56 Å². The van der Waals surface area contributed by atoms with E-state index in [0.29, 0.717) is 6.01 Å². The second-order valence-corrected chi connectivity index (χ2v) is 5.18. The van der Waals surface area contributed by atoms with Gasteiger partial charge in [0.1, 0.15) is 5.82 Å². The van der Waals surface area contributed by atoms with Crippen molar-refractivity contribution in [2.24, 2.45) is 0 Å². The molecule has 2 aliphatic rings. The molecule has 1 fully saturated rings. The van der Waals surface area contributed by atoms with Crippen molar-refractivity contribution in [1.29, 1.82) is 0 Å². The van der Waals surface area contributed by atoms with Crippen LogP contribution >= 0.6 is 0 Å². The number of ether oxygens (including phenoxy) is 1.